The van der Waals surface area contributed by atoms with Crippen molar-refractivity contribution in [3.8, 4) is 0 Å². The van der Waals surface area contributed by atoms with Crippen LogP contribution in [0.3, 0.4) is 0 Å². The van der Waals surface area contributed by atoms with Crippen LogP contribution in [0, 0.1) is 11.3 Å². The number of nitrogens with zero attached hydrogens (tertiary/aromatic N) is 1. The highest BCUT2D eigenvalue weighted by Gasteiger charge is 2.28. The van der Waals surface area contributed by atoms with Gasteiger partial charge in [-0.05, 0) is 62.7 Å². The van der Waals surface area contributed by atoms with E-state index in [0.717, 1.165) is 24.8 Å². The minimum Gasteiger partial charge on any atom is -0.468 e. The van der Waals surface area contributed by atoms with Crippen molar-refractivity contribution in [2.24, 2.45) is 11.3 Å². The lowest BCUT2D eigenvalue weighted by molar-refractivity contribution is 0.186. The maximum atomic E-state index is 5.36. The van der Waals surface area contributed by atoms with E-state index in [-0.39, 0.29) is 0 Å². The first-order valence-corrected chi connectivity index (χ1v) is 8.44. The Balaban J connectivity index is 1.73. The van der Waals surface area contributed by atoms with E-state index in [4.69, 9.17) is 4.42 Å². The van der Waals surface area contributed by atoms with Gasteiger partial charge in [-0.15, -0.1) is 0 Å². The molecule has 0 spiro atoms. The Morgan fingerprint density at radius 2 is 2.14 bits per heavy atom. The highest BCUT2D eigenvalue weighted by molar-refractivity contribution is 4.97. The van der Waals surface area contributed by atoms with E-state index in [1.54, 1.807) is 6.26 Å². The number of nitrogens with one attached hydrogen (secondary N) is 1. The Kier molecular flexibility index (Phi) is 5.88. The molecule has 0 aromatic carbocycles. The van der Waals surface area contributed by atoms with Crippen molar-refractivity contribution in [1.82, 2.24) is 10.2 Å². The number of furan rings is 1. The van der Waals surface area contributed by atoms with Gasteiger partial charge in [0.25, 0.3) is 0 Å². The number of likely N-dealkylation sites (tertiary alicyclic amines) is 1. The molecule has 0 aliphatic carbocycles. The summed E-state index contributed by atoms with van der Waals surface area (Å²) in [6.45, 7) is 13.9. The molecule has 0 radical (unpaired) electrons. The van der Waals surface area contributed by atoms with Gasteiger partial charge in [-0.2, -0.15) is 0 Å². The lowest BCUT2D eigenvalue weighted by Crippen LogP contribution is -2.41. The molecule has 0 bridgehead atoms. The van der Waals surface area contributed by atoms with Crippen molar-refractivity contribution >= 4 is 0 Å². The van der Waals surface area contributed by atoms with E-state index >= 15 is 0 Å². The van der Waals surface area contributed by atoms with Crippen molar-refractivity contribution in [2.75, 3.05) is 19.6 Å². The topological polar surface area (TPSA) is 28.4 Å². The van der Waals surface area contributed by atoms with E-state index < -0.39 is 0 Å². The third-order valence-electron chi connectivity index (χ3n) is 4.93. The molecule has 3 nitrogen and oxygen atoms in total. The second kappa shape index (κ2) is 7.46. The molecule has 21 heavy (non-hydrogen) atoms. The fourth-order valence-corrected chi connectivity index (χ4v) is 3.37. The minimum absolute atomic E-state index is 0.455. The molecule has 2 atom stereocenters. The molecule has 1 saturated heterocycles. The number of rotatable bonds is 5. The molecule has 1 fully saturated rings. The van der Waals surface area contributed by atoms with E-state index in [1.165, 1.54) is 32.4 Å². The minimum atomic E-state index is 0.455. The standard InChI is InChI=1S/C18H32N2O/c1-15(13-19-14-17-8-6-12-21-17)20-10-5-7-16(9-11-20)18(2,3)4/h6,8,12,15-16,19H,5,7,9-11,13-14H2,1-4H3. The van der Waals surface area contributed by atoms with Crippen LogP contribution >= 0.6 is 0 Å². The summed E-state index contributed by atoms with van der Waals surface area (Å²) in [5.41, 5.74) is 0.455. The first kappa shape index (κ1) is 16.6. The third-order valence-corrected chi connectivity index (χ3v) is 4.93. The van der Waals surface area contributed by atoms with E-state index in [2.05, 4.69) is 37.9 Å². The van der Waals surface area contributed by atoms with Gasteiger partial charge in [0.05, 0.1) is 12.8 Å². The van der Waals surface area contributed by atoms with Crippen LogP contribution in [0.25, 0.3) is 0 Å². The van der Waals surface area contributed by atoms with Gasteiger partial charge in [0.15, 0.2) is 0 Å². The molecular weight excluding hydrogens is 260 g/mol. The quantitative estimate of drug-likeness (QED) is 0.892. The highest BCUT2D eigenvalue weighted by atomic mass is 16.3. The molecule has 0 amide bonds. The smallest absolute Gasteiger partial charge is 0.117 e. The Bertz CT molecular complexity index is 394. The first-order valence-electron chi connectivity index (χ1n) is 8.44. The first-order chi connectivity index (χ1) is 9.97. The van der Waals surface area contributed by atoms with Gasteiger partial charge in [0.2, 0.25) is 0 Å². The molecule has 1 aliphatic heterocycles. The zero-order chi connectivity index (χ0) is 15.3. The maximum Gasteiger partial charge on any atom is 0.117 e. The zero-order valence-corrected chi connectivity index (χ0v) is 14.2. The Morgan fingerprint density at radius 1 is 1.33 bits per heavy atom. The van der Waals surface area contributed by atoms with Crippen molar-refractivity contribution < 1.29 is 4.42 Å². The summed E-state index contributed by atoms with van der Waals surface area (Å²) >= 11 is 0. The van der Waals surface area contributed by atoms with Gasteiger partial charge in [-0.3, -0.25) is 4.90 Å². The van der Waals surface area contributed by atoms with Crippen LogP contribution in [0.1, 0.15) is 52.7 Å². The molecule has 2 rings (SSSR count). The summed E-state index contributed by atoms with van der Waals surface area (Å²) in [5, 5.41) is 3.51. The van der Waals surface area contributed by atoms with E-state index in [1.807, 2.05) is 12.1 Å². The lowest BCUT2D eigenvalue weighted by Gasteiger charge is -2.31. The monoisotopic (exact) mass is 292 g/mol. The normalized spacial score (nSPS) is 23.0. The Labute approximate surface area is 130 Å². The predicted octanol–water partition coefficient (Wildman–Crippen LogP) is 3.91. The van der Waals surface area contributed by atoms with Gasteiger partial charge in [-0.25, -0.2) is 0 Å². The highest BCUT2D eigenvalue weighted by Crippen LogP contribution is 2.34. The predicted molar refractivity (Wildman–Crippen MR) is 88.2 cm³/mol. The van der Waals surface area contributed by atoms with Gasteiger partial charge in [0.1, 0.15) is 5.76 Å². The van der Waals surface area contributed by atoms with E-state index in [9.17, 15) is 0 Å². The Hall–Kier alpha value is -0.800. The summed E-state index contributed by atoms with van der Waals surface area (Å²) in [5.74, 6) is 1.89. The van der Waals surface area contributed by atoms with Gasteiger partial charge in [0, 0.05) is 12.6 Å². The molecule has 1 aromatic rings. The van der Waals surface area contributed by atoms with Crippen molar-refractivity contribution in [3.05, 3.63) is 24.2 Å². The van der Waals surface area contributed by atoms with Crippen LogP contribution < -0.4 is 5.32 Å². The Morgan fingerprint density at radius 3 is 2.81 bits per heavy atom. The van der Waals surface area contributed by atoms with Crippen molar-refractivity contribution in [3.63, 3.8) is 0 Å². The second-order valence-corrected chi connectivity index (χ2v) is 7.59. The van der Waals surface area contributed by atoms with E-state index in [0.29, 0.717) is 11.5 Å². The molecule has 120 valence electrons. The zero-order valence-electron chi connectivity index (χ0n) is 14.2. The maximum absolute atomic E-state index is 5.36. The van der Waals surface area contributed by atoms with Crippen LogP contribution in [0.5, 0.6) is 0 Å². The van der Waals surface area contributed by atoms with Crippen molar-refractivity contribution in [2.45, 2.75) is 59.5 Å². The molecule has 0 saturated carbocycles. The molecular formula is C18H32N2O. The lowest BCUT2D eigenvalue weighted by atomic mass is 9.77. The van der Waals surface area contributed by atoms with Crippen molar-refractivity contribution in [1.29, 1.82) is 0 Å². The fourth-order valence-electron chi connectivity index (χ4n) is 3.37. The van der Waals surface area contributed by atoms with Crippen LogP contribution in [-0.2, 0) is 6.54 Å². The molecule has 2 heterocycles. The fraction of sp³-hybridized carbons (Fsp3) is 0.778. The average Bonchev–Trinajstić information content (AvgIpc) is 2.79. The molecule has 1 aliphatic rings. The summed E-state index contributed by atoms with van der Waals surface area (Å²) in [6, 6.07) is 4.57. The summed E-state index contributed by atoms with van der Waals surface area (Å²) in [7, 11) is 0. The SMILES string of the molecule is CC(CNCc1ccco1)N1CCCC(C(C)(C)C)CC1. The van der Waals surface area contributed by atoms with Crippen LogP contribution in [0.2, 0.25) is 0 Å². The number of hydrogen-bond donors (Lipinski definition) is 1. The number of hydrogen-bond acceptors (Lipinski definition) is 3. The average molecular weight is 292 g/mol. The third kappa shape index (κ3) is 5.15. The molecule has 1 N–H and O–H groups in total. The van der Waals surface area contributed by atoms with Crippen LogP contribution in [0.15, 0.2) is 22.8 Å². The van der Waals surface area contributed by atoms with Crippen LogP contribution in [-0.4, -0.2) is 30.6 Å². The molecule has 3 heteroatoms. The van der Waals surface area contributed by atoms with Gasteiger partial charge < -0.3 is 9.73 Å². The molecule has 2 unspecified atom stereocenters. The summed E-state index contributed by atoms with van der Waals surface area (Å²) in [6.07, 6.45) is 5.80. The molecule has 1 aromatic heterocycles. The summed E-state index contributed by atoms with van der Waals surface area (Å²) < 4.78 is 5.36. The van der Waals surface area contributed by atoms with Gasteiger partial charge in [-0.1, -0.05) is 20.8 Å². The largest absolute Gasteiger partial charge is 0.468 e. The second-order valence-electron chi connectivity index (χ2n) is 7.59. The summed E-state index contributed by atoms with van der Waals surface area (Å²) in [4.78, 5) is 2.65. The van der Waals surface area contributed by atoms with Crippen LogP contribution in [0.4, 0.5) is 0 Å². The van der Waals surface area contributed by atoms with Gasteiger partial charge >= 0.3 is 0 Å².